The maximum atomic E-state index is 4.76. The number of hydrogen-bond acceptors (Lipinski definition) is 3. The first kappa shape index (κ1) is 13.0. The van der Waals surface area contributed by atoms with Crippen molar-refractivity contribution in [2.24, 2.45) is 5.41 Å². The molecule has 0 saturated carbocycles. The van der Waals surface area contributed by atoms with Gasteiger partial charge in [-0.1, -0.05) is 20.8 Å². The first-order valence-electron chi connectivity index (χ1n) is 6.70. The third kappa shape index (κ3) is 4.40. The van der Waals surface area contributed by atoms with Crippen molar-refractivity contribution >= 4 is 11.3 Å². The van der Waals surface area contributed by atoms with Crippen LogP contribution < -0.4 is 5.32 Å². The summed E-state index contributed by atoms with van der Waals surface area (Å²) in [6, 6.07) is 0.674. The maximum absolute atomic E-state index is 4.76. The summed E-state index contributed by atoms with van der Waals surface area (Å²) >= 11 is 1.83. The van der Waals surface area contributed by atoms with Gasteiger partial charge < -0.3 is 5.32 Å². The highest BCUT2D eigenvalue weighted by atomic mass is 32.1. The van der Waals surface area contributed by atoms with Crippen LogP contribution in [0.5, 0.6) is 0 Å². The van der Waals surface area contributed by atoms with Crippen molar-refractivity contribution in [2.45, 2.75) is 58.9 Å². The predicted octanol–water partition coefficient (Wildman–Crippen LogP) is 3.42. The lowest BCUT2D eigenvalue weighted by Gasteiger charge is -2.16. The Balaban J connectivity index is 1.83. The van der Waals surface area contributed by atoms with Crippen molar-refractivity contribution in [3.63, 3.8) is 0 Å². The van der Waals surface area contributed by atoms with Gasteiger partial charge in [-0.3, -0.25) is 0 Å². The molecule has 0 aliphatic carbocycles. The minimum absolute atomic E-state index is 0.416. The van der Waals surface area contributed by atoms with Gasteiger partial charge in [-0.2, -0.15) is 0 Å². The lowest BCUT2D eigenvalue weighted by atomic mass is 9.91. The van der Waals surface area contributed by atoms with Crippen molar-refractivity contribution in [2.75, 3.05) is 6.54 Å². The molecule has 1 unspecified atom stereocenters. The van der Waals surface area contributed by atoms with Gasteiger partial charge in [-0.25, -0.2) is 4.98 Å². The molecule has 2 nitrogen and oxygen atoms in total. The van der Waals surface area contributed by atoms with Crippen molar-refractivity contribution in [1.82, 2.24) is 10.3 Å². The van der Waals surface area contributed by atoms with Gasteiger partial charge >= 0.3 is 0 Å². The van der Waals surface area contributed by atoms with Crippen molar-refractivity contribution in [3.8, 4) is 0 Å². The predicted molar refractivity (Wildman–Crippen MR) is 74.6 cm³/mol. The number of nitrogens with zero attached hydrogens (tertiary/aromatic N) is 1. The molecule has 1 aliphatic rings. The summed E-state index contributed by atoms with van der Waals surface area (Å²) in [6.07, 6.45) is 6.11. The molecule has 1 atom stereocenters. The van der Waals surface area contributed by atoms with Crippen LogP contribution >= 0.6 is 11.3 Å². The first-order chi connectivity index (χ1) is 8.03. The Morgan fingerprint density at radius 1 is 1.47 bits per heavy atom. The molecule has 1 saturated heterocycles. The second-order valence-electron chi connectivity index (χ2n) is 6.29. The SMILES string of the molecule is CC(C)(C)CCc1nc(CC2CCCN2)cs1. The highest BCUT2D eigenvalue weighted by Crippen LogP contribution is 2.23. The van der Waals surface area contributed by atoms with E-state index in [0.717, 1.165) is 12.8 Å². The molecule has 0 radical (unpaired) electrons. The number of aryl methyl sites for hydroxylation is 1. The summed E-state index contributed by atoms with van der Waals surface area (Å²) in [7, 11) is 0. The van der Waals surface area contributed by atoms with Gasteiger partial charge in [0.05, 0.1) is 10.7 Å². The van der Waals surface area contributed by atoms with Crippen molar-refractivity contribution in [3.05, 3.63) is 16.1 Å². The Bertz CT molecular complexity index is 345. The fourth-order valence-corrected chi connectivity index (χ4v) is 3.03. The normalized spacial score (nSPS) is 21.0. The van der Waals surface area contributed by atoms with Gasteiger partial charge in [0.1, 0.15) is 0 Å². The molecule has 1 N–H and O–H groups in total. The molecular formula is C14H24N2S. The molecule has 3 heteroatoms. The lowest BCUT2D eigenvalue weighted by Crippen LogP contribution is -2.23. The van der Waals surface area contributed by atoms with E-state index in [-0.39, 0.29) is 0 Å². The Labute approximate surface area is 109 Å². The largest absolute Gasteiger partial charge is 0.314 e. The first-order valence-corrected chi connectivity index (χ1v) is 7.57. The number of aromatic nitrogens is 1. The van der Waals surface area contributed by atoms with Crippen LogP contribution in [-0.2, 0) is 12.8 Å². The lowest BCUT2D eigenvalue weighted by molar-refractivity contribution is 0.378. The number of nitrogens with one attached hydrogen (secondary N) is 1. The summed E-state index contributed by atoms with van der Waals surface area (Å²) in [5.41, 5.74) is 1.71. The third-order valence-corrected chi connectivity index (χ3v) is 4.26. The number of rotatable bonds is 4. The molecule has 0 bridgehead atoms. The van der Waals surface area contributed by atoms with Crippen LogP contribution in [0.25, 0.3) is 0 Å². The zero-order valence-corrected chi connectivity index (χ0v) is 12.1. The van der Waals surface area contributed by atoms with Crippen LogP contribution in [-0.4, -0.2) is 17.6 Å². The van der Waals surface area contributed by atoms with E-state index in [0.29, 0.717) is 11.5 Å². The molecule has 2 rings (SSSR count). The van der Waals surface area contributed by atoms with Crippen molar-refractivity contribution < 1.29 is 0 Å². The monoisotopic (exact) mass is 252 g/mol. The topological polar surface area (TPSA) is 24.9 Å². The quantitative estimate of drug-likeness (QED) is 0.888. The van der Waals surface area contributed by atoms with E-state index in [4.69, 9.17) is 4.98 Å². The molecular weight excluding hydrogens is 228 g/mol. The van der Waals surface area contributed by atoms with Crippen LogP contribution in [0.3, 0.4) is 0 Å². The van der Waals surface area contributed by atoms with Gasteiger partial charge in [-0.05, 0) is 37.6 Å². The molecule has 1 aromatic heterocycles. The second-order valence-corrected chi connectivity index (χ2v) is 7.23. The van der Waals surface area contributed by atoms with Crippen LogP contribution in [0, 0.1) is 5.41 Å². The Morgan fingerprint density at radius 2 is 2.29 bits per heavy atom. The molecule has 0 aromatic carbocycles. The fraction of sp³-hybridized carbons (Fsp3) is 0.786. The Hall–Kier alpha value is -0.410. The third-order valence-electron chi connectivity index (χ3n) is 3.31. The van der Waals surface area contributed by atoms with E-state index in [1.807, 2.05) is 11.3 Å². The van der Waals surface area contributed by atoms with Gasteiger partial charge in [0, 0.05) is 17.8 Å². The highest BCUT2D eigenvalue weighted by Gasteiger charge is 2.16. The minimum Gasteiger partial charge on any atom is -0.314 e. The van der Waals surface area contributed by atoms with Crippen LogP contribution in [0.4, 0.5) is 0 Å². The molecule has 96 valence electrons. The summed E-state index contributed by atoms with van der Waals surface area (Å²) in [4.78, 5) is 4.76. The van der Waals surface area contributed by atoms with Crippen LogP contribution in [0.15, 0.2) is 5.38 Å². The zero-order chi connectivity index (χ0) is 12.3. The smallest absolute Gasteiger partial charge is 0.0928 e. The van der Waals surface area contributed by atoms with Crippen molar-refractivity contribution in [1.29, 1.82) is 0 Å². The van der Waals surface area contributed by atoms with Gasteiger partial charge in [0.15, 0.2) is 0 Å². The van der Waals surface area contributed by atoms with Gasteiger partial charge in [-0.15, -0.1) is 11.3 Å². The average Bonchev–Trinajstić information content (AvgIpc) is 2.86. The molecule has 1 fully saturated rings. The molecule has 2 heterocycles. The fourth-order valence-electron chi connectivity index (χ4n) is 2.22. The number of thiazole rings is 1. The Kier molecular flexibility index (Phi) is 4.21. The second kappa shape index (κ2) is 5.49. The van der Waals surface area contributed by atoms with Crippen LogP contribution in [0.1, 0.15) is 50.7 Å². The standard InChI is InChI=1S/C14H24N2S/c1-14(2,3)7-6-13-16-12(10-17-13)9-11-5-4-8-15-11/h10-11,15H,4-9H2,1-3H3. The zero-order valence-electron chi connectivity index (χ0n) is 11.3. The minimum atomic E-state index is 0.416. The summed E-state index contributed by atoms with van der Waals surface area (Å²) in [5.74, 6) is 0. The molecule has 0 spiro atoms. The summed E-state index contributed by atoms with van der Waals surface area (Å²) in [5, 5.41) is 7.10. The van der Waals surface area contributed by atoms with E-state index in [1.165, 1.54) is 36.5 Å². The molecule has 1 aromatic rings. The van der Waals surface area contributed by atoms with E-state index >= 15 is 0 Å². The summed E-state index contributed by atoms with van der Waals surface area (Å²) in [6.45, 7) is 8.07. The van der Waals surface area contributed by atoms with E-state index in [2.05, 4.69) is 31.5 Å². The highest BCUT2D eigenvalue weighted by molar-refractivity contribution is 7.09. The summed E-state index contributed by atoms with van der Waals surface area (Å²) < 4.78 is 0. The average molecular weight is 252 g/mol. The van der Waals surface area contributed by atoms with Gasteiger partial charge in [0.25, 0.3) is 0 Å². The molecule has 17 heavy (non-hydrogen) atoms. The van der Waals surface area contributed by atoms with Crippen LogP contribution in [0.2, 0.25) is 0 Å². The van der Waals surface area contributed by atoms with E-state index in [9.17, 15) is 0 Å². The Morgan fingerprint density at radius 3 is 2.94 bits per heavy atom. The van der Waals surface area contributed by atoms with E-state index < -0.39 is 0 Å². The molecule has 1 aliphatic heterocycles. The maximum Gasteiger partial charge on any atom is 0.0928 e. The number of hydrogen-bond donors (Lipinski definition) is 1. The van der Waals surface area contributed by atoms with E-state index in [1.54, 1.807) is 0 Å². The van der Waals surface area contributed by atoms with Gasteiger partial charge in [0.2, 0.25) is 0 Å². The molecule has 0 amide bonds.